The first-order valence-electron chi connectivity index (χ1n) is 10.8. The van der Waals surface area contributed by atoms with E-state index in [4.69, 9.17) is 0 Å². The molecule has 2 heterocycles. The number of amides is 1. The van der Waals surface area contributed by atoms with Crippen molar-refractivity contribution in [1.29, 1.82) is 0 Å². The number of hydrogen-bond donors (Lipinski definition) is 0. The van der Waals surface area contributed by atoms with Gasteiger partial charge in [0.2, 0.25) is 15.9 Å². The van der Waals surface area contributed by atoms with Crippen molar-refractivity contribution in [3.05, 3.63) is 65.7 Å². The Hall–Kier alpha value is -2.23. The van der Waals surface area contributed by atoms with Crippen LogP contribution in [0.15, 0.2) is 59.5 Å². The normalized spacial score (nSPS) is 23.3. The van der Waals surface area contributed by atoms with E-state index in [1.54, 1.807) is 29.2 Å². The van der Waals surface area contributed by atoms with Gasteiger partial charge in [-0.05, 0) is 43.9 Å². The smallest absolute Gasteiger partial charge is 0.243 e. The topological polar surface area (TPSA) is 91.8 Å². The van der Waals surface area contributed by atoms with Gasteiger partial charge in [-0.3, -0.25) is 4.79 Å². The van der Waals surface area contributed by atoms with Crippen LogP contribution in [0.1, 0.15) is 30.4 Å². The fraction of sp³-hybridized carbons (Fsp3) is 0.435. The molecule has 2 aromatic rings. The van der Waals surface area contributed by atoms with Crippen LogP contribution in [0, 0.1) is 6.92 Å². The summed E-state index contributed by atoms with van der Waals surface area (Å²) in [5.74, 6) is -0.348. The molecule has 172 valence electrons. The van der Waals surface area contributed by atoms with Gasteiger partial charge in [0.05, 0.1) is 16.4 Å². The molecule has 2 aromatic carbocycles. The average molecular weight is 477 g/mol. The molecule has 0 saturated carbocycles. The lowest BCUT2D eigenvalue weighted by molar-refractivity contribution is -0.137. The maximum Gasteiger partial charge on any atom is 0.243 e. The molecule has 0 aliphatic carbocycles. The van der Waals surface area contributed by atoms with E-state index in [2.05, 4.69) is 0 Å². The van der Waals surface area contributed by atoms with E-state index in [0.29, 0.717) is 19.3 Å². The monoisotopic (exact) mass is 476 g/mol. The van der Waals surface area contributed by atoms with E-state index < -0.39 is 31.9 Å². The molecule has 0 N–H and O–H groups in total. The molecule has 32 heavy (non-hydrogen) atoms. The van der Waals surface area contributed by atoms with Gasteiger partial charge in [-0.2, -0.15) is 4.31 Å². The first-order chi connectivity index (χ1) is 15.2. The highest BCUT2D eigenvalue weighted by atomic mass is 32.2. The number of aryl methyl sites for hydroxylation is 1. The third kappa shape index (κ3) is 4.74. The number of rotatable bonds is 6. The van der Waals surface area contributed by atoms with Gasteiger partial charge in [0, 0.05) is 19.1 Å². The third-order valence-electron chi connectivity index (χ3n) is 6.24. The van der Waals surface area contributed by atoms with Crippen molar-refractivity contribution in [3.63, 3.8) is 0 Å². The van der Waals surface area contributed by atoms with Crippen LogP contribution in [-0.4, -0.2) is 62.1 Å². The van der Waals surface area contributed by atoms with Crippen LogP contribution in [0.2, 0.25) is 0 Å². The highest BCUT2D eigenvalue weighted by Gasteiger charge is 2.44. The Morgan fingerprint density at radius 2 is 1.75 bits per heavy atom. The quantitative estimate of drug-likeness (QED) is 0.638. The minimum Gasteiger partial charge on any atom is -0.333 e. The van der Waals surface area contributed by atoms with Crippen molar-refractivity contribution >= 4 is 25.8 Å². The fourth-order valence-corrected chi connectivity index (χ4v) is 7.88. The van der Waals surface area contributed by atoms with E-state index in [9.17, 15) is 21.6 Å². The van der Waals surface area contributed by atoms with Crippen molar-refractivity contribution in [2.45, 2.75) is 49.7 Å². The van der Waals surface area contributed by atoms with E-state index in [1.165, 1.54) is 4.31 Å². The van der Waals surface area contributed by atoms with Crippen molar-refractivity contribution < 1.29 is 21.6 Å². The van der Waals surface area contributed by atoms with Gasteiger partial charge in [-0.25, -0.2) is 16.8 Å². The van der Waals surface area contributed by atoms with Gasteiger partial charge < -0.3 is 4.90 Å². The molecule has 2 aliphatic heterocycles. The average Bonchev–Trinajstić information content (AvgIpc) is 3.39. The second-order valence-corrected chi connectivity index (χ2v) is 12.7. The van der Waals surface area contributed by atoms with E-state index in [-0.39, 0.29) is 35.4 Å². The van der Waals surface area contributed by atoms with E-state index in [0.717, 1.165) is 11.1 Å². The van der Waals surface area contributed by atoms with Crippen LogP contribution in [0.5, 0.6) is 0 Å². The van der Waals surface area contributed by atoms with Gasteiger partial charge in [0.25, 0.3) is 0 Å². The summed E-state index contributed by atoms with van der Waals surface area (Å²) in [4.78, 5) is 15.5. The molecule has 4 rings (SSSR count). The summed E-state index contributed by atoms with van der Waals surface area (Å²) >= 11 is 0. The zero-order chi connectivity index (χ0) is 22.9. The molecule has 1 amide bonds. The van der Waals surface area contributed by atoms with Crippen molar-refractivity contribution in [2.75, 3.05) is 18.1 Å². The maximum absolute atomic E-state index is 13.7. The van der Waals surface area contributed by atoms with Crippen molar-refractivity contribution in [2.24, 2.45) is 0 Å². The van der Waals surface area contributed by atoms with Gasteiger partial charge in [0.15, 0.2) is 9.84 Å². The van der Waals surface area contributed by atoms with Gasteiger partial charge >= 0.3 is 0 Å². The Kier molecular flexibility index (Phi) is 6.42. The van der Waals surface area contributed by atoms with Crippen LogP contribution < -0.4 is 0 Å². The van der Waals surface area contributed by atoms with Gasteiger partial charge in [-0.1, -0.05) is 48.0 Å². The lowest BCUT2D eigenvalue weighted by atomic mass is 10.1. The molecule has 2 saturated heterocycles. The second kappa shape index (κ2) is 8.96. The molecule has 0 unspecified atom stereocenters. The summed E-state index contributed by atoms with van der Waals surface area (Å²) in [6.07, 6.45) is 1.39. The van der Waals surface area contributed by atoms with Crippen LogP contribution in [-0.2, 0) is 31.2 Å². The predicted molar refractivity (Wildman–Crippen MR) is 122 cm³/mol. The standard InChI is InChI=1S/C23H28N2O5S2/c1-18-9-11-21(12-10-18)32(29,30)25-14-5-8-22(25)23(26)24(16-19-6-3-2-4-7-19)20-13-15-31(27,28)17-20/h2-4,6-7,9-12,20,22H,5,8,13-17H2,1H3/t20-,22-/m0/s1. The van der Waals surface area contributed by atoms with E-state index >= 15 is 0 Å². The zero-order valence-electron chi connectivity index (χ0n) is 18.1. The number of benzene rings is 2. The van der Waals surface area contributed by atoms with Crippen LogP contribution >= 0.6 is 0 Å². The Morgan fingerprint density at radius 1 is 1.06 bits per heavy atom. The SMILES string of the molecule is Cc1ccc(S(=O)(=O)N2CCC[C@H]2C(=O)N(Cc2ccccc2)[C@H]2CCS(=O)(=O)C2)cc1. The number of carbonyl (C=O) groups is 1. The molecule has 2 aliphatic rings. The molecule has 2 atom stereocenters. The fourth-order valence-electron chi connectivity index (χ4n) is 4.50. The zero-order valence-corrected chi connectivity index (χ0v) is 19.7. The highest BCUT2D eigenvalue weighted by molar-refractivity contribution is 7.91. The Balaban J connectivity index is 1.64. The minimum atomic E-state index is -3.83. The lowest BCUT2D eigenvalue weighted by Crippen LogP contribution is -2.51. The minimum absolute atomic E-state index is 0.0479. The summed E-state index contributed by atoms with van der Waals surface area (Å²) in [5.41, 5.74) is 1.84. The van der Waals surface area contributed by atoms with Gasteiger partial charge in [0.1, 0.15) is 6.04 Å². The van der Waals surface area contributed by atoms with Crippen LogP contribution in [0.3, 0.4) is 0 Å². The first kappa shape index (κ1) is 22.9. The maximum atomic E-state index is 13.7. The molecule has 0 spiro atoms. The Morgan fingerprint density at radius 3 is 2.38 bits per heavy atom. The van der Waals surface area contributed by atoms with Crippen LogP contribution in [0.25, 0.3) is 0 Å². The van der Waals surface area contributed by atoms with E-state index in [1.807, 2.05) is 37.3 Å². The molecule has 2 fully saturated rings. The molecule has 7 nitrogen and oxygen atoms in total. The summed E-state index contributed by atoms with van der Waals surface area (Å²) in [6.45, 7) is 2.42. The number of sulfone groups is 1. The van der Waals surface area contributed by atoms with Crippen LogP contribution in [0.4, 0.5) is 0 Å². The number of carbonyl (C=O) groups excluding carboxylic acids is 1. The molecular weight excluding hydrogens is 448 g/mol. The summed E-state index contributed by atoms with van der Waals surface area (Å²) in [6, 6.07) is 14.7. The number of nitrogens with zero attached hydrogens (tertiary/aromatic N) is 2. The molecule has 0 aromatic heterocycles. The molecule has 0 radical (unpaired) electrons. The summed E-state index contributed by atoms with van der Waals surface area (Å²) < 4.78 is 52.2. The lowest BCUT2D eigenvalue weighted by Gasteiger charge is -2.33. The second-order valence-electron chi connectivity index (χ2n) is 8.60. The largest absolute Gasteiger partial charge is 0.333 e. The third-order valence-corrected chi connectivity index (χ3v) is 9.92. The molecular formula is C23H28N2O5S2. The number of sulfonamides is 1. The summed E-state index contributed by atoms with van der Waals surface area (Å²) in [5, 5.41) is 0. The summed E-state index contributed by atoms with van der Waals surface area (Å²) in [7, 11) is -7.04. The predicted octanol–water partition coefficient (Wildman–Crippen LogP) is 2.36. The number of hydrogen-bond acceptors (Lipinski definition) is 5. The Bertz CT molecular complexity index is 1180. The van der Waals surface area contributed by atoms with Crippen molar-refractivity contribution in [1.82, 2.24) is 9.21 Å². The first-order valence-corrected chi connectivity index (χ1v) is 14.1. The molecule has 0 bridgehead atoms. The Labute approximate surface area is 190 Å². The molecule has 9 heteroatoms. The van der Waals surface area contributed by atoms with Gasteiger partial charge in [-0.15, -0.1) is 0 Å². The highest BCUT2D eigenvalue weighted by Crippen LogP contribution is 2.30. The van der Waals surface area contributed by atoms with Crippen molar-refractivity contribution in [3.8, 4) is 0 Å².